The Balaban J connectivity index is 1.61. The zero-order chi connectivity index (χ0) is 19.0. The van der Waals surface area contributed by atoms with Crippen LogP contribution in [0.2, 0.25) is 0 Å². The van der Waals surface area contributed by atoms with E-state index in [1.54, 1.807) is 12.3 Å². The first-order chi connectivity index (χ1) is 13.0. The Labute approximate surface area is 157 Å². The maximum absolute atomic E-state index is 12.7. The monoisotopic (exact) mass is 365 g/mol. The summed E-state index contributed by atoms with van der Waals surface area (Å²) in [6.07, 6.45) is 2.82. The van der Waals surface area contributed by atoms with E-state index in [0.29, 0.717) is 18.6 Å². The maximum atomic E-state index is 12.7. The van der Waals surface area contributed by atoms with E-state index in [4.69, 9.17) is 4.52 Å². The minimum Gasteiger partial charge on any atom is -0.393 e. The van der Waals surface area contributed by atoms with Crippen molar-refractivity contribution in [1.82, 2.24) is 15.5 Å². The van der Waals surface area contributed by atoms with Crippen LogP contribution in [0.1, 0.15) is 60.5 Å². The molecule has 0 radical (unpaired) electrons. The number of aromatic nitrogens is 2. The molecule has 1 fully saturated rings. The number of fused-ring (bicyclic) bond motifs is 1. The number of aliphatic hydroxyl groups excluding tert-OH is 1. The zero-order valence-electron chi connectivity index (χ0n) is 15.4. The molecule has 6 nitrogen and oxygen atoms in total. The fourth-order valence-corrected chi connectivity index (χ4v) is 3.52. The first-order valence-corrected chi connectivity index (χ1v) is 9.31. The zero-order valence-corrected chi connectivity index (χ0v) is 15.4. The Kier molecular flexibility index (Phi) is 4.66. The van der Waals surface area contributed by atoms with Gasteiger partial charge in [-0.2, -0.15) is 0 Å². The number of carbonyl (C=O) groups excluding carboxylic acids is 1. The molecule has 0 unspecified atom stereocenters. The van der Waals surface area contributed by atoms with Crippen molar-refractivity contribution in [1.29, 1.82) is 0 Å². The van der Waals surface area contributed by atoms with Gasteiger partial charge in [0.15, 0.2) is 5.69 Å². The summed E-state index contributed by atoms with van der Waals surface area (Å²) in [6, 6.07) is 11.4. The average Bonchev–Trinajstić information content (AvgIpc) is 3.14. The number of hydrogen-bond acceptors (Lipinski definition) is 5. The molecule has 1 saturated carbocycles. The number of nitrogens with zero attached hydrogens (tertiary/aromatic N) is 2. The van der Waals surface area contributed by atoms with Gasteiger partial charge in [0.1, 0.15) is 5.76 Å². The molecule has 2 heterocycles. The second kappa shape index (κ2) is 7.12. The lowest BCUT2D eigenvalue weighted by Gasteiger charge is -2.38. The summed E-state index contributed by atoms with van der Waals surface area (Å²) in [5.74, 6) is 0.748. The van der Waals surface area contributed by atoms with E-state index < -0.39 is 0 Å². The number of amides is 1. The van der Waals surface area contributed by atoms with E-state index in [1.165, 1.54) is 0 Å². The van der Waals surface area contributed by atoms with E-state index in [9.17, 15) is 9.90 Å². The summed E-state index contributed by atoms with van der Waals surface area (Å²) >= 11 is 0. The van der Waals surface area contributed by atoms with Crippen molar-refractivity contribution in [2.45, 2.75) is 44.8 Å². The molecule has 140 valence electrons. The molecule has 1 aliphatic rings. The van der Waals surface area contributed by atoms with Crippen LogP contribution in [0.4, 0.5) is 0 Å². The van der Waals surface area contributed by atoms with Gasteiger partial charge in [0.25, 0.3) is 5.91 Å². The Morgan fingerprint density at radius 2 is 2.04 bits per heavy atom. The molecule has 3 aromatic rings. The topological polar surface area (TPSA) is 88.2 Å². The van der Waals surface area contributed by atoms with E-state index >= 15 is 0 Å². The molecule has 1 aliphatic carbocycles. The van der Waals surface area contributed by atoms with Gasteiger partial charge in [-0.15, -0.1) is 0 Å². The summed E-state index contributed by atoms with van der Waals surface area (Å²) in [7, 11) is 0. The molecule has 2 aromatic heterocycles. The first kappa shape index (κ1) is 17.7. The quantitative estimate of drug-likeness (QED) is 0.721. The molecule has 0 aliphatic heterocycles. The molecule has 0 saturated heterocycles. The van der Waals surface area contributed by atoms with Crippen molar-refractivity contribution in [3.05, 3.63) is 59.6 Å². The van der Waals surface area contributed by atoms with Crippen LogP contribution in [0.5, 0.6) is 0 Å². The standard InChI is InChI=1S/C21H23N3O3/c1-12(2)19-10-18(24-27-19)21(26)23-20(14-8-16(25)9-14)15-7-13-5-3-4-6-17(13)22-11-15/h3-7,10-12,14,16,20,25H,8-9H2,1-2H3,(H,23,26)/t14?,16?,20-/m1/s1. The molecule has 1 amide bonds. The largest absolute Gasteiger partial charge is 0.393 e. The van der Waals surface area contributed by atoms with Gasteiger partial charge in [-0.3, -0.25) is 9.78 Å². The number of aliphatic hydroxyl groups is 1. The Hall–Kier alpha value is -2.73. The van der Waals surface area contributed by atoms with Crippen molar-refractivity contribution in [3.8, 4) is 0 Å². The normalized spacial score (nSPS) is 20.4. The van der Waals surface area contributed by atoms with E-state index in [2.05, 4.69) is 21.5 Å². The highest BCUT2D eigenvalue weighted by Gasteiger charge is 2.36. The highest BCUT2D eigenvalue weighted by molar-refractivity contribution is 5.92. The third kappa shape index (κ3) is 3.57. The SMILES string of the molecule is CC(C)c1cc(C(=O)N[C@@H](c2cnc3ccccc3c2)C2CC(O)C2)no1. The summed E-state index contributed by atoms with van der Waals surface area (Å²) < 4.78 is 5.25. The van der Waals surface area contributed by atoms with Crippen molar-refractivity contribution in [2.24, 2.45) is 5.92 Å². The highest BCUT2D eigenvalue weighted by atomic mass is 16.5. The highest BCUT2D eigenvalue weighted by Crippen LogP contribution is 2.38. The minimum absolute atomic E-state index is 0.168. The number of benzene rings is 1. The average molecular weight is 365 g/mol. The summed E-state index contributed by atoms with van der Waals surface area (Å²) in [5.41, 5.74) is 2.13. The molecule has 6 heteroatoms. The molecule has 4 rings (SSSR count). The molecule has 1 aromatic carbocycles. The summed E-state index contributed by atoms with van der Waals surface area (Å²) in [6.45, 7) is 3.98. The van der Waals surface area contributed by atoms with Crippen LogP contribution in [-0.2, 0) is 0 Å². The van der Waals surface area contributed by atoms with Gasteiger partial charge in [-0.1, -0.05) is 37.2 Å². The number of pyridine rings is 1. The molecule has 1 atom stereocenters. The predicted octanol–water partition coefficient (Wildman–Crippen LogP) is 3.59. The summed E-state index contributed by atoms with van der Waals surface area (Å²) in [5, 5.41) is 17.7. The molecule has 2 N–H and O–H groups in total. The molecular formula is C21H23N3O3. The smallest absolute Gasteiger partial charge is 0.273 e. The van der Waals surface area contributed by atoms with E-state index in [-0.39, 0.29) is 35.6 Å². The van der Waals surface area contributed by atoms with Gasteiger partial charge in [-0.05, 0) is 36.5 Å². The number of rotatable bonds is 5. The fourth-order valence-electron chi connectivity index (χ4n) is 3.52. The van der Waals surface area contributed by atoms with Crippen LogP contribution < -0.4 is 5.32 Å². The van der Waals surface area contributed by atoms with Gasteiger partial charge in [-0.25, -0.2) is 0 Å². The lowest BCUT2D eigenvalue weighted by molar-refractivity contribution is 0.0234. The second-order valence-electron chi connectivity index (χ2n) is 7.57. The molecular weight excluding hydrogens is 342 g/mol. The van der Waals surface area contributed by atoms with Gasteiger partial charge in [0, 0.05) is 23.6 Å². The lowest BCUT2D eigenvalue weighted by atomic mass is 9.75. The van der Waals surface area contributed by atoms with Crippen molar-refractivity contribution < 1.29 is 14.4 Å². The fraction of sp³-hybridized carbons (Fsp3) is 0.381. The second-order valence-corrected chi connectivity index (χ2v) is 7.57. The Bertz CT molecular complexity index is 960. The maximum Gasteiger partial charge on any atom is 0.273 e. The number of carbonyl (C=O) groups is 1. The number of nitrogens with one attached hydrogen (secondary N) is 1. The van der Waals surface area contributed by atoms with Crippen LogP contribution in [0, 0.1) is 5.92 Å². The predicted molar refractivity (Wildman–Crippen MR) is 101 cm³/mol. The minimum atomic E-state index is -0.303. The van der Waals surface area contributed by atoms with E-state index in [0.717, 1.165) is 16.5 Å². The van der Waals surface area contributed by atoms with Crippen molar-refractivity contribution >= 4 is 16.8 Å². The first-order valence-electron chi connectivity index (χ1n) is 9.31. The molecule has 27 heavy (non-hydrogen) atoms. The number of para-hydroxylation sites is 1. The van der Waals surface area contributed by atoms with Crippen LogP contribution >= 0.6 is 0 Å². The van der Waals surface area contributed by atoms with Gasteiger partial charge in [0.2, 0.25) is 0 Å². The van der Waals surface area contributed by atoms with Crippen LogP contribution in [-0.4, -0.2) is 27.3 Å². The van der Waals surface area contributed by atoms with E-state index in [1.807, 2.05) is 38.1 Å². The van der Waals surface area contributed by atoms with Gasteiger partial charge < -0.3 is 14.9 Å². The van der Waals surface area contributed by atoms with Crippen LogP contribution in [0.3, 0.4) is 0 Å². The molecule has 0 spiro atoms. The van der Waals surface area contributed by atoms with Crippen LogP contribution in [0.15, 0.2) is 47.1 Å². The lowest BCUT2D eigenvalue weighted by Crippen LogP contribution is -2.41. The Morgan fingerprint density at radius 3 is 2.74 bits per heavy atom. The number of hydrogen-bond donors (Lipinski definition) is 2. The Morgan fingerprint density at radius 1 is 1.26 bits per heavy atom. The van der Waals surface area contributed by atoms with Crippen molar-refractivity contribution in [2.75, 3.05) is 0 Å². The third-order valence-corrected chi connectivity index (χ3v) is 5.21. The summed E-state index contributed by atoms with van der Waals surface area (Å²) in [4.78, 5) is 17.3. The third-order valence-electron chi connectivity index (χ3n) is 5.21. The van der Waals surface area contributed by atoms with Crippen LogP contribution in [0.25, 0.3) is 10.9 Å². The molecule has 0 bridgehead atoms. The van der Waals surface area contributed by atoms with Crippen molar-refractivity contribution in [3.63, 3.8) is 0 Å². The van der Waals surface area contributed by atoms with Gasteiger partial charge in [0.05, 0.1) is 17.7 Å². The van der Waals surface area contributed by atoms with Gasteiger partial charge >= 0.3 is 0 Å².